The van der Waals surface area contributed by atoms with Gasteiger partial charge >= 0.3 is 0 Å². The molecular formula is C17H20N6OS. The average Bonchev–Trinajstić information content (AvgIpc) is 2.67. The van der Waals surface area contributed by atoms with E-state index in [9.17, 15) is 5.21 Å². The topological polar surface area (TPSA) is 67.6 Å². The fourth-order valence-corrected chi connectivity index (χ4v) is 2.84. The number of azo groups is 1. The van der Waals surface area contributed by atoms with Gasteiger partial charge in [0.1, 0.15) is 5.82 Å². The van der Waals surface area contributed by atoms with Crippen LogP contribution in [0, 0.1) is 0 Å². The number of pyridine rings is 1. The molecule has 0 radical (unpaired) electrons. The second-order valence-electron chi connectivity index (χ2n) is 5.66. The minimum Gasteiger partial charge on any atom is -0.353 e. The number of hydroxylamine groups is 2. The highest BCUT2D eigenvalue weighted by atomic mass is 32.1. The number of nitrogens with zero attached hydrogens (tertiary/aromatic N) is 6. The van der Waals surface area contributed by atoms with Crippen molar-refractivity contribution in [3.8, 4) is 0 Å². The second kappa shape index (κ2) is 8.00. The first-order valence-corrected chi connectivity index (χ1v) is 8.46. The van der Waals surface area contributed by atoms with E-state index in [1.165, 1.54) is 0 Å². The number of aromatic nitrogens is 1. The standard InChI is InChI=1S/C17H20N6OS/c1-14(15-6-3-5-9-23(15)24)19-20-17(25)22-12-10-21(11-13-22)16-7-2-4-8-18-16/h2-9,24H,10-13H2,1H3/b15-14-,20-19?. The second-order valence-corrected chi connectivity index (χ2v) is 6.03. The van der Waals surface area contributed by atoms with Crippen LogP contribution in [0.4, 0.5) is 5.82 Å². The van der Waals surface area contributed by atoms with Crippen molar-refractivity contribution in [1.29, 1.82) is 0 Å². The molecule has 8 heteroatoms. The van der Waals surface area contributed by atoms with Crippen molar-refractivity contribution in [1.82, 2.24) is 14.9 Å². The summed E-state index contributed by atoms with van der Waals surface area (Å²) in [6, 6.07) is 5.91. The first-order chi connectivity index (χ1) is 12.1. The maximum absolute atomic E-state index is 9.77. The Kier molecular flexibility index (Phi) is 5.52. The van der Waals surface area contributed by atoms with Gasteiger partial charge in [-0.25, -0.2) is 10.0 Å². The Morgan fingerprint density at radius 1 is 1.16 bits per heavy atom. The van der Waals surface area contributed by atoms with Crippen molar-refractivity contribution in [3.05, 3.63) is 60.2 Å². The molecule has 1 saturated heterocycles. The first kappa shape index (κ1) is 17.2. The molecule has 25 heavy (non-hydrogen) atoms. The molecule has 0 aromatic carbocycles. The van der Waals surface area contributed by atoms with Crippen LogP contribution in [0.5, 0.6) is 0 Å². The number of piperazine rings is 1. The molecule has 0 atom stereocenters. The predicted molar refractivity (Wildman–Crippen MR) is 100 cm³/mol. The molecule has 130 valence electrons. The van der Waals surface area contributed by atoms with Gasteiger partial charge in [0.15, 0.2) is 0 Å². The molecule has 1 aromatic rings. The van der Waals surface area contributed by atoms with E-state index in [2.05, 4.69) is 20.1 Å². The molecule has 1 N–H and O–H groups in total. The van der Waals surface area contributed by atoms with E-state index < -0.39 is 0 Å². The Hall–Kier alpha value is -2.58. The third-order valence-corrected chi connectivity index (χ3v) is 4.36. The van der Waals surface area contributed by atoms with Gasteiger partial charge in [-0.1, -0.05) is 12.1 Å². The molecule has 0 unspecified atom stereocenters. The zero-order valence-electron chi connectivity index (χ0n) is 14.0. The van der Waals surface area contributed by atoms with Gasteiger partial charge in [0, 0.05) is 38.6 Å². The minimum atomic E-state index is 0.459. The summed E-state index contributed by atoms with van der Waals surface area (Å²) in [6.45, 7) is 5.01. The fourth-order valence-electron chi connectivity index (χ4n) is 2.62. The summed E-state index contributed by atoms with van der Waals surface area (Å²) in [6.07, 6.45) is 8.68. The van der Waals surface area contributed by atoms with Crippen molar-refractivity contribution < 1.29 is 5.21 Å². The van der Waals surface area contributed by atoms with E-state index in [0.717, 1.165) is 37.1 Å². The Bertz CT molecular complexity index is 735. The molecule has 0 aliphatic carbocycles. The molecule has 7 nitrogen and oxygen atoms in total. The highest BCUT2D eigenvalue weighted by molar-refractivity contribution is 7.80. The molecule has 2 aliphatic rings. The van der Waals surface area contributed by atoms with Crippen molar-refractivity contribution in [2.45, 2.75) is 6.92 Å². The van der Waals surface area contributed by atoms with Gasteiger partial charge in [0.05, 0.1) is 11.4 Å². The molecule has 3 heterocycles. The number of allylic oxidation sites excluding steroid dienone is 4. The van der Waals surface area contributed by atoms with Gasteiger partial charge in [-0.15, -0.1) is 5.11 Å². The molecule has 3 rings (SSSR count). The van der Waals surface area contributed by atoms with Crippen LogP contribution in [0.3, 0.4) is 0 Å². The molecule has 2 aliphatic heterocycles. The monoisotopic (exact) mass is 356 g/mol. The number of rotatable bonds is 2. The predicted octanol–water partition coefficient (Wildman–Crippen LogP) is 2.95. The van der Waals surface area contributed by atoms with Gasteiger partial charge in [0.2, 0.25) is 5.11 Å². The van der Waals surface area contributed by atoms with Crippen LogP contribution >= 0.6 is 12.2 Å². The molecule has 1 aromatic heterocycles. The Labute approximate surface area is 152 Å². The zero-order valence-corrected chi connectivity index (χ0v) is 14.8. The number of anilines is 1. The maximum Gasteiger partial charge on any atom is 0.216 e. The lowest BCUT2D eigenvalue weighted by atomic mass is 10.2. The summed E-state index contributed by atoms with van der Waals surface area (Å²) in [7, 11) is 0. The summed E-state index contributed by atoms with van der Waals surface area (Å²) in [5.74, 6) is 0.982. The van der Waals surface area contributed by atoms with E-state index in [4.69, 9.17) is 12.2 Å². The normalized spacial score (nSPS) is 19.7. The quantitative estimate of drug-likeness (QED) is 0.649. The maximum atomic E-state index is 9.77. The molecular weight excluding hydrogens is 336 g/mol. The van der Waals surface area contributed by atoms with Crippen LogP contribution in [-0.2, 0) is 0 Å². The van der Waals surface area contributed by atoms with Gasteiger partial charge in [-0.2, -0.15) is 5.11 Å². The van der Waals surface area contributed by atoms with Gasteiger partial charge in [0.25, 0.3) is 0 Å². The largest absolute Gasteiger partial charge is 0.353 e. The van der Waals surface area contributed by atoms with Crippen LogP contribution in [0.1, 0.15) is 6.92 Å². The van der Waals surface area contributed by atoms with E-state index in [1.807, 2.05) is 29.2 Å². The van der Waals surface area contributed by atoms with Crippen molar-refractivity contribution in [2.24, 2.45) is 10.2 Å². The smallest absolute Gasteiger partial charge is 0.216 e. The molecule has 0 bridgehead atoms. The summed E-state index contributed by atoms with van der Waals surface area (Å²) in [5, 5.41) is 19.6. The summed E-state index contributed by atoms with van der Waals surface area (Å²) in [4.78, 5) is 8.64. The molecule has 0 amide bonds. The van der Waals surface area contributed by atoms with Crippen molar-refractivity contribution in [3.63, 3.8) is 0 Å². The average molecular weight is 356 g/mol. The minimum absolute atomic E-state index is 0.459. The van der Waals surface area contributed by atoms with Crippen molar-refractivity contribution in [2.75, 3.05) is 31.1 Å². The van der Waals surface area contributed by atoms with Gasteiger partial charge in [-0.3, -0.25) is 5.21 Å². The van der Waals surface area contributed by atoms with Gasteiger partial charge < -0.3 is 9.80 Å². The third kappa shape index (κ3) is 4.28. The van der Waals surface area contributed by atoms with Gasteiger partial charge in [-0.05, 0) is 43.4 Å². The molecule has 0 spiro atoms. The molecule has 0 saturated carbocycles. The van der Waals surface area contributed by atoms with Crippen LogP contribution in [0.15, 0.2) is 70.4 Å². The lowest BCUT2D eigenvalue weighted by Gasteiger charge is -2.35. The Morgan fingerprint density at radius 3 is 2.64 bits per heavy atom. The number of thiocarbonyl (C=S) groups is 1. The lowest BCUT2D eigenvalue weighted by Crippen LogP contribution is -2.48. The fraction of sp³-hybridized carbons (Fsp3) is 0.294. The van der Waals surface area contributed by atoms with E-state index in [-0.39, 0.29) is 0 Å². The van der Waals surface area contributed by atoms with Crippen LogP contribution < -0.4 is 4.90 Å². The third-order valence-electron chi connectivity index (χ3n) is 4.02. The Balaban J connectivity index is 1.57. The summed E-state index contributed by atoms with van der Waals surface area (Å²) < 4.78 is 0. The lowest BCUT2D eigenvalue weighted by molar-refractivity contribution is -0.00149. The molecule has 1 fully saturated rings. The summed E-state index contributed by atoms with van der Waals surface area (Å²) >= 11 is 5.38. The SMILES string of the molecule is C/C(N=NC(=S)N1CCN(c2ccccn2)CC1)=C1\C=CC=CN1O. The highest BCUT2D eigenvalue weighted by Crippen LogP contribution is 2.17. The van der Waals surface area contributed by atoms with Crippen LogP contribution in [-0.4, -0.2) is 51.4 Å². The number of hydrogen-bond donors (Lipinski definition) is 1. The van der Waals surface area contributed by atoms with E-state index in [1.54, 1.807) is 31.5 Å². The number of hydrogen-bond acceptors (Lipinski definition) is 6. The summed E-state index contributed by atoms with van der Waals surface area (Å²) in [5.41, 5.74) is 1.17. The van der Waals surface area contributed by atoms with Crippen molar-refractivity contribution >= 4 is 23.1 Å². The van der Waals surface area contributed by atoms with E-state index in [0.29, 0.717) is 16.5 Å². The highest BCUT2D eigenvalue weighted by Gasteiger charge is 2.19. The van der Waals surface area contributed by atoms with Crippen LogP contribution in [0.25, 0.3) is 0 Å². The van der Waals surface area contributed by atoms with E-state index >= 15 is 0 Å². The zero-order chi connectivity index (χ0) is 17.6. The Morgan fingerprint density at radius 2 is 1.96 bits per heavy atom. The first-order valence-electron chi connectivity index (χ1n) is 8.05. The van der Waals surface area contributed by atoms with Crippen LogP contribution in [0.2, 0.25) is 0 Å².